The zero-order valence-electron chi connectivity index (χ0n) is 7.13. The van der Waals surface area contributed by atoms with Gasteiger partial charge in [0.05, 0.1) is 0 Å². The van der Waals surface area contributed by atoms with E-state index in [1.54, 1.807) is 6.08 Å². The number of alkyl halides is 2. The predicted octanol–water partition coefficient (Wildman–Crippen LogP) is 3.12. The Morgan fingerprint density at radius 1 is 1.50 bits per heavy atom. The van der Waals surface area contributed by atoms with Gasteiger partial charge in [0.1, 0.15) is 0 Å². The first-order valence-corrected chi connectivity index (χ1v) is 5.14. The van der Waals surface area contributed by atoms with Crippen molar-refractivity contribution in [3.63, 3.8) is 0 Å². The molecule has 1 aliphatic carbocycles. The third kappa shape index (κ3) is 1.89. The average Bonchev–Trinajstić information content (AvgIpc) is 2.03. The molecular formula is C9H12F2S. The largest absolute Gasteiger partial charge is 0.261 e. The first kappa shape index (κ1) is 9.78. The van der Waals surface area contributed by atoms with E-state index in [0.29, 0.717) is 0 Å². The Hall–Kier alpha value is -0.310. The lowest BCUT2D eigenvalue weighted by Gasteiger charge is -2.24. The van der Waals surface area contributed by atoms with Crippen LogP contribution in [0.1, 0.15) is 6.92 Å². The maximum absolute atomic E-state index is 12.4. The quantitative estimate of drug-likeness (QED) is 0.644. The highest BCUT2D eigenvalue weighted by Gasteiger charge is 2.26. The highest BCUT2D eigenvalue weighted by Crippen LogP contribution is 2.32. The molecule has 3 heteroatoms. The number of hydrogen-bond donors (Lipinski definition) is 0. The second-order valence-corrected chi connectivity index (χ2v) is 3.85. The Morgan fingerprint density at radius 3 is 2.58 bits per heavy atom. The molecule has 0 heterocycles. The van der Waals surface area contributed by atoms with Crippen molar-refractivity contribution in [1.29, 1.82) is 0 Å². The molecule has 0 spiro atoms. The van der Waals surface area contributed by atoms with Crippen LogP contribution in [0.4, 0.5) is 8.78 Å². The highest BCUT2D eigenvalue weighted by atomic mass is 32.2. The number of halogens is 2. The lowest BCUT2D eigenvalue weighted by Crippen LogP contribution is -2.21. The Labute approximate surface area is 75.7 Å². The van der Waals surface area contributed by atoms with E-state index in [1.165, 1.54) is 17.8 Å². The average molecular weight is 190 g/mol. The molecule has 0 aromatic rings. The van der Waals surface area contributed by atoms with Crippen LogP contribution in [-0.4, -0.2) is 17.9 Å². The van der Waals surface area contributed by atoms with E-state index in [0.717, 1.165) is 0 Å². The van der Waals surface area contributed by atoms with Gasteiger partial charge >= 0.3 is 0 Å². The highest BCUT2D eigenvalue weighted by molar-refractivity contribution is 7.99. The summed E-state index contributed by atoms with van der Waals surface area (Å²) in [4.78, 5) is 0. The van der Waals surface area contributed by atoms with Crippen LogP contribution in [0.3, 0.4) is 0 Å². The summed E-state index contributed by atoms with van der Waals surface area (Å²) in [6.07, 6.45) is 4.78. The molecule has 12 heavy (non-hydrogen) atoms. The van der Waals surface area contributed by atoms with Gasteiger partial charge in [0, 0.05) is 10.8 Å². The van der Waals surface area contributed by atoms with Gasteiger partial charge < -0.3 is 0 Å². The molecule has 0 saturated heterocycles. The fourth-order valence-electron chi connectivity index (χ4n) is 1.39. The van der Waals surface area contributed by atoms with Crippen molar-refractivity contribution in [2.75, 3.05) is 6.26 Å². The van der Waals surface area contributed by atoms with E-state index in [2.05, 4.69) is 0 Å². The van der Waals surface area contributed by atoms with Crippen molar-refractivity contribution in [3.8, 4) is 0 Å². The Kier molecular flexibility index (Phi) is 3.32. The summed E-state index contributed by atoms with van der Waals surface area (Å²) in [6, 6.07) is 0. The monoisotopic (exact) mass is 190 g/mol. The number of allylic oxidation sites excluding steroid dienone is 3. The fourth-order valence-corrected chi connectivity index (χ4v) is 2.36. The van der Waals surface area contributed by atoms with Gasteiger partial charge in [-0.3, -0.25) is 0 Å². The molecule has 0 aliphatic heterocycles. The first-order valence-electron chi connectivity index (χ1n) is 3.86. The molecular weight excluding hydrogens is 178 g/mol. The minimum atomic E-state index is -2.31. The third-order valence-corrected chi connectivity index (χ3v) is 3.22. The Balaban J connectivity index is 2.81. The normalized spacial score (nSPS) is 29.2. The van der Waals surface area contributed by atoms with E-state index in [4.69, 9.17) is 0 Å². The van der Waals surface area contributed by atoms with Crippen molar-refractivity contribution in [2.24, 2.45) is 5.92 Å². The molecule has 0 fully saturated rings. The van der Waals surface area contributed by atoms with E-state index in [9.17, 15) is 8.78 Å². The summed E-state index contributed by atoms with van der Waals surface area (Å²) in [5.74, 6) is 0.217. The molecule has 2 unspecified atom stereocenters. The van der Waals surface area contributed by atoms with Gasteiger partial charge in [-0.15, -0.1) is 0 Å². The molecule has 0 nitrogen and oxygen atoms in total. The lowest BCUT2D eigenvalue weighted by molar-refractivity contribution is 0.183. The Morgan fingerprint density at radius 2 is 2.17 bits per heavy atom. The van der Waals surface area contributed by atoms with Crippen LogP contribution in [0, 0.1) is 5.92 Å². The molecule has 1 aliphatic rings. The molecule has 0 aromatic carbocycles. The van der Waals surface area contributed by atoms with Gasteiger partial charge in [-0.25, -0.2) is 8.78 Å². The van der Waals surface area contributed by atoms with Crippen molar-refractivity contribution in [1.82, 2.24) is 0 Å². The van der Waals surface area contributed by atoms with E-state index in [1.807, 2.05) is 19.3 Å². The zero-order valence-corrected chi connectivity index (χ0v) is 7.94. The van der Waals surface area contributed by atoms with Gasteiger partial charge in [0.15, 0.2) is 0 Å². The SMILES string of the molecule is CSC1C(C(F)F)=CC=CC1C. The number of rotatable bonds is 2. The first-order chi connectivity index (χ1) is 5.66. The van der Waals surface area contributed by atoms with Crippen LogP contribution < -0.4 is 0 Å². The lowest BCUT2D eigenvalue weighted by atomic mass is 9.95. The van der Waals surface area contributed by atoms with Crippen molar-refractivity contribution >= 4 is 11.8 Å². The van der Waals surface area contributed by atoms with Crippen LogP contribution in [0.5, 0.6) is 0 Å². The molecule has 1 rings (SSSR count). The van der Waals surface area contributed by atoms with Gasteiger partial charge in [0.2, 0.25) is 0 Å². The summed E-state index contributed by atoms with van der Waals surface area (Å²) in [6.45, 7) is 1.97. The topological polar surface area (TPSA) is 0 Å². The van der Waals surface area contributed by atoms with Gasteiger partial charge in [0.25, 0.3) is 6.43 Å². The standard InChI is InChI=1S/C9H12F2S/c1-6-4-3-5-7(9(10)11)8(6)12-2/h3-6,8-9H,1-2H3. The van der Waals surface area contributed by atoms with Crippen LogP contribution >= 0.6 is 11.8 Å². The van der Waals surface area contributed by atoms with Crippen molar-refractivity contribution in [2.45, 2.75) is 18.6 Å². The number of thioether (sulfide) groups is 1. The maximum Gasteiger partial charge on any atom is 0.261 e. The molecule has 68 valence electrons. The van der Waals surface area contributed by atoms with E-state index >= 15 is 0 Å². The van der Waals surface area contributed by atoms with Crippen molar-refractivity contribution in [3.05, 3.63) is 23.8 Å². The second-order valence-electron chi connectivity index (χ2n) is 2.87. The van der Waals surface area contributed by atoms with Crippen molar-refractivity contribution < 1.29 is 8.78 Å². The zero-order chi connectivity index (χ0) is 9.14. The predicted molar refractivity (Wildman–Crippen MR) is 49.7 cm³/mol. The maximum atomic E-state index is 12.4. The second kappa shape index (κ2) is 4.08. The van der Waals surface area contributed by atoms with Gasteiger partial charge in [-0.05, 0) is 12.2 Å². The Bertz CT molecular complexity index is 209. The summed E-state index contributed by atoms with van der Waals surface area (Å²) in [5.41, 5.74) is 0.262. The van der Waals surface area contributed by atoms with Crippen LogP contribution in [0.15, 0.2) is 23.8 Å². The van der Waals surface area contributed by atoms with E-state index in [-0.39, 0.29) is 16.7 Å². The summed E-state index contributed by atoms with van der Waals surface area (Å²) in [5, 5.41) is -0.0463. The molecule has 0 amide bonds. The number of hydrogen-bond acceptors (Lipinski definition) is 1. The fraction of sp³-hybridized carbons (Fsp3) is 0.556. The molecule has 0 saturated carbocycles. The smallest absolute Gasteiger partial charge is 0.205 e. The summed E-state index contributed by atoms with van der Waals surface area (Å²) < 4.78 is 24.8. The van der Waals surface area contributed by atoms with E-state index < -0.39 is 6.43 Å². The molecule has 2 atom stereocenters. The van der Waals surface area contributed by atoms with Gasteiger partial charge in [-0.2, -0.15) is 11.8 Å². The summed E-state index contributed by atoms with van der Waals surface area (Å²) in [7, 11) is 0. The molecule has 0 N–H and O–H groups in total. The van der Waals surface area contributed by atoms with Crippen LogP contribution in [-0.2, 0) is 0 Å². The molecule has 0 radical (unpaired) electrons. The minimum Gasteiger partial charge on any atom is -0.205 e. The minimum absolute atomic E-state index is 0.0463. The molecule has 0 bridgehead atoms. The molecule has 0 aromatic heterocycles. The third-order valence-electron chi connectivity index (χ3n) is 2.02. The van der Waals surface area contributed by atoms with Gasteiger partial charge in [-0.1, -0.05) is 25.2 Å². The van der Waals surface area contributed by atoms with Crippen LogP contribution in [0.25, 0.3) is 0 Å². The summed E-state index contributed by atoms with van der Waals surface area (Å²) >= 11 is 1.49. The van der Waals surface area contributed by atoms with Crippen LogP contribution in [0.2, 0.25) is 0 Å².